The number of hydrogen-bond acceptors (Lipinski definition) is 3. The number of hydrogen-bond donors (Lipinski definition) is 2. The number of rotatable bonds is 6. The van der Waals surface area contributed by atoms with Gasteiger partial charge in [-0.15, -0.1) is 0 Å². The van der Waals surface area contributed by atoms with Crippen LogP contribution in [0.3, 0.4) is 0 Å². The van der Waals surface area contributed by atoms with E-state index in [0.29, 0.717) is 17.9 Å². The Morgan fingerprint density at radius 1 is 1.44 bits per heavy atom. The summed E-state index contributed by atoms with van der Waals surface area (Å²) in [6.45, 7) is 2.54. The van der Waals surface area contributed by atoms with Crippen molar-refractivity contribution >= 4 is 5.91 Å². The van der Waals surface area contributed by atoms with Crippen LogP contribution in [-0.4, -0.2) is 24.2 Å². The highest BCUT2D eigenvalue weighted by molar-refractivity contribution is 5.77. The van der Waals surface area contributed by atoms with E-state index < -0.39 is 0 Å². The average Bonchev–Trinajstić information content (AvgIpc) is 2.34. The third kappa shape index (κ3) is 3.90. The van der Waals surface area contributed by atoms with Crippen LogP contribution in [0.5, 0.6) is 5.75 Å². The summed E-state index contributed by atoms with van der Waals surface area (Å²) in [7, 11) is 0. The van der Waals surface area contributed by atoms with Crippen LogP contribution >= 0.6 is 0 Å². The number of amides is 1. The Bertz CT molecular complexity index is 339. The summed E-state index contributed by atoms with van der Waals surface area (Å²) >= 11 is 0. The predicted octanol–water partition coefficient (Wildman–Crippen LogP) is 1.08. The quantitative estimate of drug-likeness (QED) is 0.758. The number of nitrogens with one attached hydrogen (secondary N) is 1. The van der Waals surface area contributed by atoms with Gasteiger partial charge in [0.25, 0.3) is 5.91 Å². The minimum Gasteiger partial charge on any atom is -0.483 e. The lowest BCUT2D eigenvalue weighted by Gasteiger charge is -2.09. The van der Waals surface area contributed by atoms with Crippen LogP contribution in [0.25, 0.3) is 0 Å². The van der Waals surface area contributed by atoms with Gasteiger partial charge in [-0.05, 0) is 12.5 Å². The Morgan fingerprint density at radius 2 is 2.19 bits per heavy atom. The van der Waals surface area contributed by atoms with E-state index in [1.165, 1.54) is 0 Å². The number of aliphatic hydroxyl groups excluding tert-OH is 1. The lowest BCUT2D eigenvalue weighted by atomic mass is 10.2. The summed E-state index contributed by atoms with van der Waals surface area (Å²) in [6.07, 6.45) is 0.902. The number of para-hydroxylation sites is 1. The van der Waals surface area contributed by atoms with Crippen molar-refractivity contribution < 1.29 is 14.6 Å². The molecule has 0 aromatic heterocycles. The SMILES string of the molecule is CCCNC(=O)COc1ccccc1CO. The molecular formula is C12H17NO3. The lowest BCUT2D eigenvalue weighted by molar-refractivity contribution is -0.123. The maximum absolute atomic E-state index is 11.3. The van der Waals surface area contributed by atoms with Crippen LogP contribution in [0, 0.1) is 0 Å². The molecule has 0 spiro atoms. The van der Waals surface area contributed by atoms with Gasteiger partial charge in [0.2, 0.25) is 0 Å². The molecule has 0 fully saturated rings. The topological polar surface area (TPSA) is 58.6 Å². The molecule has 0 aliphatic heterocycles. The molecule has 0 saturated heterocycles. The molecular weight excluding hydrogens is 206 g/mol. The highest BCUT2D eigenvalue weighted by Gasteiger charge is 2.04. The molecule has 16 heavy (non-hydrogen) atoms. The van der Waals surface area contributed by atoms with E-state index in [9.17, 15) is 4.79 Å². The largest absolute Gasteiger partial charge is 0.483 e. The van der Waals surface area contributed by atoms with Gasteiger partial charge in [0.15, 0.2) is 6.61 Å². The molecule has 1 rings (SSSR count). The van der Waals surface area contributed by atoms with Crippen molar-refractivity contribution in [3.63, 3.8) is 0 Å². The minimum atomic E-state index is -0.144. The maximum atomic E-state index is 11.3. The molecule has 0 heterocycles. The van der Waals surface area contributed by atoms with Gasteiger partial charge < -0.3 is 15.2 Å². The zero-order valence-corrected chi connectivity index (χ0v) is 9.40. The number of carbonyl (C=O) groups excluding carboxylic acids is 1. The van der Waals surface area contributed by atoms with Gasteiger partial charge >= 0.3 is 0 Å². The Hall–Kier alpha value is -1.55. The molecule has 0 bridgehead atoms. The number of ether oxygens (including phenoxy) is 1. The summed E-state index contributed by atoms with van der Waals surface area (Å²) in [4.78, 5) is 11.3. The number of aliphatic hydroxyl groups is 1. The third-order valence-corrected chi connectivity index (χ3v) is 2.07. The monoisotopic (exact) mass is 223 g/mol. The zero-order valence-electron chi connectivity index (χ0n) is 9.40. The number of benzene rings is 1. The van der Waals surface area contributed by atoms with E-state index >= 15 is 0 Å². The maximum Gasteiger partial charge on any atom is 0.257 e. The Kier molecular flexibility index (Phi) is 5.36. The van der Waals surface area contributed by atoms with Crippen molar-refractivity contribution in [3.8, 4) is 5.75 Å². The fraction of sp³-hybridized carbons (Fsp3) is 0.417. The molecule has 1 aromatic carbocycles. The second kappa shape index (κ2) is 6.85. The molecule has 0 saturated carbocycles. The van der Waals surface area contributed by atoms with Gasteiger partial charge in [-0.3, -0.25) is 4.79 Å². The van der Waals surface area contributed by atoms with E-state index in [-0.39, 0.29) is 19.1 Å². The third-order valence-electron chi connectivity index (χ3n) is 2.07. The number of carbonyl (C=O) groups is 1. The van der Waals surface area contributed by atoms with E-state index in [4.69, 9.17) is 9.84 Å². The van der Waals surface area contributed by atoms with Crippen LogP contribution in [0.4, 0.5) is 0 Å². The Balaban J connectivity index is 2.44. The smallest absolute Gasteiger partial charge is 0.257 e. The molecule has 4 nitrogen and oxygen atoms in total. The molecule has 0 unspecified atom stereocenters. The fourth-order valence-electron chi connectivity index (χ4n) is 1.23. The second-order valence-electron chi connectivity index (χ2n) is 3.40. The lowest BCUT2D eigenvalue weighted by Crippen LogP contribution is -2.29. The first-order valence-corrected chi connectivity index (χ1v) is 5.36. The first-order valence-electron chi connectivity index (χ1n) is 5.36. The van der Waals surface area contributed by atoms with Crippen molar-refractivity contribution in [2.75, 3.05) is 13.2 Å². The van der Waals surface area contributed by atoms with Crippen LogP contribution in [-0.2, 0) is 11.4 Å². The fourth-order valence-corrected chi connectivity index (χ4v) is 1.23. The van der Waals surface area contributed by atoms with Gasteiger partial charge in [-0.2, -0.15) is 0 Å². The van der Waals surface area contributed by atoms with E-state index in [1.807, 2.05) is 13.0 Å². The molecule has 0 radical (unpaired) electrons. The van der Waals surface area contributed by atoms with Crippen LogP contribution in [0.15, 0.2) is 24.3 Å². The van der Waals surface area contributed by atoms with Crippen LogP contribution < -0.4 is 10.1 Å². The van der Waals surface area contributed by atoms with Gasteiger partial charge in [0.1, 0.15) is 5.75 Å². The molecule has 0 atom stereocenters. The van der Waals surface area contributed by atoms with Crippen molar-refractivity contribution in [1.29, 1.82) is 0 Å². The van der Waals surface area contributed by atoms with Gasteiger partial charge in [-0.1, -0.05) is 25.1 Å². The molecule has 2 N–H and O–H groups in total. The summed E-state index contributed by atoms with van der Waals surface area (Å²) in [5.74, 6) is 0.409. The minimum absolute atomic E-state index is 0.0169. The normalized spacial score (nSPS) is 9.88. The van der Waals surface area contributed by atoms with Crippen LogP contribution in [0.2, 0.25) is 0 Å². The predicted molar refractivity (Wildman–Crippen MR) is 61.2 cm³/mol. The highest BCUT2D eigenvalue weighted by Crippen LogP contribution is 2.17. The Labute approximate surface area is 95.2 Å². The summed E-state index contributed by atoms with van der Waals surface area (Å²) in [5.41, 5.74) is 0.686. The summed E-state index contributed by atoms with van der Waals surface area (Å²) in [5, 5.41) is 11.8. The van der Waals surface area contributed by atoms with E-state index in [0.717, 1.165) is 6.42 Å². The second-order valence-corrected chi connectivity index (χ2v) is 3.40. The first-order chi connectivity index (χ1) is 7.77. The summed E-state index contributed by atoms with van der Waals surface area (Å²) < 4.78 is 5.31. The van der Waals surface area contributed by atoms with Crippen molar-refractivity contribution in [3.05, 3.63) is 29.8 Å². The Morgan fingerprint density at radius 3 is 2.88 bits per heavy atom. The average molecular weight is 223 g/mol. The zero-order chi connectivity index (χ0) is 11.8. The molecule has 88 valence electrons. The van der Waals surface area contributed by atoms with E-state index in [1.54, 1.807) is 18.2 Å². The molecule has 1 aromatic rings. The van der Waals surface area contributed by atoms with Crippen molar-refractivity contribution in [1.82, 2.24) is 5.32 Å². The van der Waals surface area contributed by atoms with Gasteiger partial charge in [0, 0.05) is 12.1 Å². The highest BCUT2D eigenvalue weighted by atomic mass is 16.5. The molecule has 4 heteroatoms. The summed E-state index contributed by atoms with van der Waals surface area (Å²) in [6, 6.07) is 7.12. The van der Waals surface area contributed by atoms with Crippen molar-refractivity contribution in [2.24, 2.45) is 0 Å². The van der Waals surface area contributed by atoms with Gasteiger partial charge in [-0.25, -0.2) is 0 Å². The molecule has 1 amide bonds. The van der Waals surface area contributed by atoms with Crippen molar-refractivity contribution in [2.45, 2.75) is 20.0 Å². The first kappa shape index (κ1) is 12.5. The van der Waals surface area contributed by atoms with E-state index in [2.05, 4.69) is 5.32 Å². The van der Waals surface area contributed by atoms with Crippen LogP contribution in [0.1, 0.15) is 18.9 Å². The molecule has 0 aliphatic rings. The van der Waals surface area contributed by atoms with Gasteiger partial charge in [0.05, 0.1) is 6.61 Å². The molecule has 0 aliphatic carbocycles. The standard InChI is InChI=1S/C12H17NO3/c1-2-7-13-12(15)9-16-11-6-4-3-5-10(11)8-14/h3-6,14H,2,7-9H2,1H3,(H,13,15).